The van der Waals surface area contributed by atoms with E-state index in [1.807, 2.05) is 0 Å². The average molecular weight is 354 g/mol. The van der Waals surface area contributed by atoms with E-state index in [2.05, 4.69) is 10.6 Å². The molecule has 0 saturated heterocycles. The van der Waals surface area contributed by atoms with Crippen LogP contribution in [0.4, 0.5) is 0 Å². The third kappa shape index (κ3) is 15.1. The van der Waals surface area contributed by atoms with Crippen molar-refractivity contribution in [1.82, 2.24) is 0 Å². The summed E-state index contributed by atoms with van der Waals surface area (Å²) >= 11 is 0. The van der Waals surface area contributed by atoms with E-state index in [0.717, 1.165) is 12.5 Å². The third-order valence-corrected chi connectivity index (χ3v) is 2.49. The number of rotatable bonds is 5. The van der Waals surface area contributed by atoms with Gasteiger partial charge < -0.3 is 22.8 Å². The van der Waals surface area contributed by atoms with Crippen molar-refractivity contribution in [2.24, 2.45) is 5.92 Å². The predicted octanol–water partition coefficient (Wildman–Crippen LogP) is 3.61. The molecule has 0 aliphatic heterocycles. The van der Waals surface area contributed by atoms with Gasteiger partial charge in [0.1, 0.15) is 0 Å². The van der Waals surface area contributed by atoms with Gasteiger partial charge in [-0.2, -0.15) is 14.1 Å². The van der Waals surface area contributed by atoms with Crippen molar-refractivity contribution in [2.45, 2.75) is 32.1 Å². The summed E-state index contributed by atoms with van der Waals surface area (Å²) in [5.41, 5.74) is 0. The average Bonchev–Trinajstić information content (AvgIpc) is 2.69. The SMILES string of the molecule is COCCC1CCCC1.C[N-]C[N-]C.[CH3-].[La+3]. The summed E-state index contributed by atoms with van der Waals surface area (Å²) in [5, 5.41) is 7.38. The molecule has 0 spiro atoms. The first-order valence-electron chi connectivity index (χ1n) is 5.45. The first-order chi connectivity index (χ1) is 6.85. The van der Waals surface area contributed by atoms with Crippen LogP contribution in [0.2, 0.25) is 0 Å². The van der Waals surface area contributed by atoms with Gasteiger partial charge in [0.25, 0.3) is 0 Å². The summed E-state index contributed by atoms with van der Waals surface area (Å²) in [6.45, 7) is 1.60. The van der Waals surface area contributed by atoms with Crippen LogP contribution in [0.5, 0.6) is 0 Å². The summed E-state index contributed by atoms with van der Waals surface area (Å²) in [4.78, 5) is 0. The fourth-order valence-electron chi connectivity index (χ4n) is 1.72. The summed E-state index contributed by atoms with van der Waals surface area (Å²) in [5.74, 6) is 0.991. The van der Waals surface area contributed by atoms with Crippen LogP contribution in [0, 0.1) is 48.9 Å². The number of hydrogen-bond donors (Lipinski definition) is 0. The fourth-order valence-corrected chi connectivity index (χ4v) is 1.72. The normalized spacial score (nSPS) is 14.4. The first kappa shape index (κ1) is 22.3. The monoisotopic (exact) mass is 354 g/mol. The van der Waals surface area contributed by atoms with E-state index in [1.54, 1.807) is 21.2 Å². The van der Waals surface area contributed by atoms with Gasteiger partial charge in [0.15, 0.2) is 0 Å². The fraction of sp³-hybridized carbons (Fsp3) is 0.917. The maximum absolute atomic E-state index is 5.00. The molecule has 0 heterocycles. The Morgan fingerprint density at radius 2 is 1.62 bits per heavy atom. The Hall–Kier alpha value is 1.07. The van der Waals surface area contributed by atoms with Gasteiger partial charge in [-0.3, -0.25) is 6.67 Å². The minimum absolute atomic E-state index is 0. The van der Waals surface area contributed by atoms with E-state index in [-0.39, 0.29) is 43.0 Å². The molecule has 0 radical (unpaired) electrons. The Balaban J connectivity index is -0.000000214. The Kier molecular flexibility index (Phi) is 25.7. The van der Waals surface area contributed by atoms with E-state index in [4.69, 9.17) is 4.74 Å². The zero-order valence-corrected chi connectivity index (χ0v) is 15.0. The smallest absolute Gasteiger partial charge is 0.683 e. The molecule has 0 unspecified atom stereocenters. The van der Waals surface area contributed by atoms with Crippen molar-refractivity contribution in [3.63, 3.8) is 0 Å². The topological polar surface area (TPSA) is 37.4 Å². The molecule has 1 fully saturated rings. The van der Waals surface area contributed by atoms with Crippen molar-refractivity contribution < 1.29 is 40.3 Å². The van der Waals surface area contributed by atoms with Gasteiger partial charge in [0.2, 0.25) is 0 Å². The Morgan fingerprint density at radius 3 is 1.94 bits per heavy atom. The summed E-state index contributed by atoms with van der Waals surface area (Å²) in [7, 11) is 5.27. The quantitative estimate of drug-likeness (QED) is 0.695. The molecule has 94 valence electrons. The molecule has 0 atom stereocenters. The van der Waals surface area contributed by atoms with Crippen LogP contribution < -0.4 is 0 Å². The van der Waals surface area contributed by atoms with Crippen LogP contribution in [0.15, 0.2) is 0 Å². The second-order valence-electron chi connectivity index (χ2n) is 3.71. The molecule has 3 nitrogen and oxygen atoms in total. The Bertz CT molecular complexity index is 107. The van der Waals surface area contributed by atoms with Crippen LogP contribution in [-0.2, 0) is 4.74 Å². The standard InChI is InChI=1S/C8H16O.C3H8N2.CH3.La/c1-9-7-6-8-4-2-3-5-8;1-4-3-5-2;;/h8H,2-7H2,1H3;3H2,1-2H3;1H3;/q;-2;-1;+3. The second-order valence-corrected chi connectivity index (χ2v) is 3.71. The molecule has 0 amide bonds. The number of methoxy groups -OCH3 is 1. The Labute approximate surface area is 130 Å². The molecule has 1 aliphatic carbocycles. The number of hydrogen-bond acceptors (Lipinski definition) is 1. The largest absolute Gasteiger partial charge is 3.00 e. The maximum atomic E-state index is 5.00. The van der Waals surface area contributed by atoms with E-state index >= 15 is 0 Å². The van der Waals surface area contributed by atoms with Crippen LogP contribution in [-0.4, -0.2) is 34.5 Å². The number of ether oxygens (including phenoxy) is 1. The van der Waals surface area contributed by atoms with E-state index in [1.165, 1.54) is 32.1 Å². The van der Waals surface area contributed by atoms with Gasteiger partial charge in [0.05, 0.1) is 0 Å². The molecule has 1 aliphatic rings. The van der Waals surface area contributed by atoms with Crippen LogP contribution in [0.25, 0.3) is 10.6 Å². The van der Waals surface area contributed by atoms with Gasteiger partial charge in [-0.25, -0.2) is 0 Å². The summed E-state index contributed by atoms with van der Waals surface area (Å²) < 4.78 is 5.00. The van der Waals surface area contributed by atoms with Crippen molar-refractivity contribution >= 4 is 0 Å². The molecular formula is C12H27LaN2O. The van der Waals surface area contributed by atoms with Gasteiger partial charge >= 0.3 is 35.6 Å². The summed E-state index contributed by atoms with van der Waals surface area (Å²) in [6, 6.07) is 0. The zero-order valence-electron chi connectivity index (χ0n) is 11.4. The van der Waals surface area contributed by atoms with Crippen molar-refractivity contribution in [1.29, 1.82) is 0 Å². The molecule has 0 N–H and O–H groups in total. The van der Waals surface area contributed by atoms with Crippen molar-refractivity contribution in [3.05, 3.63) is 18.1 Å². The van der Waals surface area contributed by atoms with E-state index in [9.17, 15) is 0 Å². The van der Waals surface area contributed by atoms with Crippen molar-refractivity contribution in [3.8, 4) is 0 Å². The van der Waals surface area contributed by atoms with Gasteiger partial charge in [-0.05, 0) is 12.3 Å². The molecule has 16 heavy (non-hydrogen) atoms. The maximum Gasteiger partial charge on any atom is 3.00 e. The molecule has 0 aromatic carbocycles. The van der Waals surface area contributed by atoms with Crippen LogP contribution in [0.3, 0.4) is 0 Å². The molecule has 0 aromatic rings. The molecular weight excluding hydrogens is 327 g/mol. The molecule has 1 rings (SSSR count). The minimum Gasteiger partial charge on any atom is -0.683 e. The third-order valence-electron chi connectivity index (χ3n) is 2.49. The minimum atomic E-state index is 0. The van der Waals surface area contributed by atoms with Crippen molar-refractivity contribution in [2.75, 3.05) is 34.5 Å². The zero-order chi connectivity index (χ0) is 10.6. The number of nitrogens with zero attached hydrogens (tertiary/aromatic N) is 2. The van der Waals surface area contributed by atoms with E-state index in [0.29, 0.717) is 6.67 Å². The predicted molar refractivity (Wildman–Crippen MR) is 68.3 cm³/mol. The molecule has 4 heteroatoms. The van der Waals surface area contributed by atoms with E-state index < -0.39 is 0 Å². The van der Waals surface area contributed by atoms with Crippen LogP contribution in [0.1, 0.15) is 32.1 Å². The van der Waals surface area contributed by atoms with Gasteiger partial charge in [-0.15, -0.1) is 0 Å². The molecule has 0 aromatic heterocycles. The van der Waals surface area contributed by atoms with Crippen LogP contribution >= 0.6 is 0 Å². The first-order valence-corrected chi connectivity index (χ1v) is 5.45. The molecule has 1 saturated carbocycles. The van der Waals surface area contributed by atoms with Gasteiger partial charge in [-0.1, -0.05) is 25.7 Å². The van der Waals surface area contributed by atoms with Gasteiger partial charge in [0, 0.05) is 13.7 Å². The Morgan fingerprint density at radius 1 is 1.12 bits per heavy atom. The molecule has 0 bridgehead atoms. The second kappa shape index (κ2) is 18.4. The summed E-state index contributed by atoms with van der Waals surface area (Å²) in [6.07, 6.45) is 7.09.